The molecule has 1 aliphatic heterocycles. The molecule has 0 radical (unpaired) electrons. The van der Waals surface area contributed by atoms with Crippen LogP contribution in [0, 0.1) is 0 Å². The van der Waals surface area contributed by atoms with Gasteiger partial charge in [-0.25, -0.2) is 0 Å². The van der Waals surface area contributed by atoms with Crippen LogP contribution < -0.4 is 5.73 Å². The van der Waals surface area contributed by atoms with Gasteiger partial charge in [-0.05, 0) is 12.8 Å². The fourth-order valence-corrected chi connectivity index (χ4v) is 2.63. The van der Waals surface area contributed by atoms with Crippen LogP contribution in [0.15, 0.2) is 0 Å². The minimum Gasteiger partial charge on any atom is -0.394 e. The number of aromatic nitrogens is 2. The van der Waals surface area contributed by atoms with Gasteiger partial charge in [0.15, 0.2) is 0 Å². The van der Waals surface area contributed by atoms with E-state index in [0.717, 1.165) is 37.5 Å². The monoisotopic (exact) mass is 258 g/mol. The van der Waals surface area contributed by atoms with Gasteiger partial charge < -0.3 is 15.6 Å². The van der Waals surface area contributed by atoms with E-state index >= 15 is 0 Å². The molecule has 7 heteroatoms. The molecule has 1 fully saturated rings. The molecule has 17 heavy (non-hydrogen) atoms. The molecule has 0 bridgehead atoms. The van der Waals surface area contributed by atoms with E-state index < -0.39 is 0 Å². The second-order valence-electron chi connectivity index (χ2n) is 4.10. The average molecular weight is 258 g/mol. The third kappa shape index (κ3) is 3.88. The lowest BCUT2D eigenvalue weighted by atomic mass is 10.1. The molecule has 1 saturated heterocycles. The Morgan fingerprint density at radius 2 is 2.18 bits per heavy atom. The molecule has 1 aromatic heterocycles. The van der Waals surface area contributed by atoms with E-state index in [1.54, 1.807) is 0 Å². The number of nitrogens with zero attached hydrogens (tertiary/aromatic N) is 3. The molecule has 0 unspecified atom stereocenters. The molecule has 0 aromatic carbocycles. The first-order valence-electron chi connectivity index (χ1n) is 5.80. The fourth-order valence-electron chi connectivity index (χ4n) is 1.98. The molecule has 0 amide bonds. The largest absolute Gasteiger partial charge is 0.394 e. The number of rotatable bonds is 5. The predicted octanol–water partition coefficient (Wildman–Crippen LogP) is 0.0936. The Morgan fingerprint density at radius 3 is 2.76 bits per heavy atom. The third-order valence-corrected chi connectivity index (χ3v) is 3.56. The average Bonchev–Trinajstić information content (AvgIpc) is 2.74. The quantitative estimate of drug-likeness (QED) is 0.779. The Bertz CT molecular complexity index is 339. The van der Waals surface area contributed by atoms with Gasteiger partial charge in [0.05, 0.1) is 25.9 Å². The van der Waals surface area contributed by atoms with Crippen LogP contribution in [0.3, 0.4) is 0 Å². The summed E-state index contributed by atoms with van der Waals surface area (Å²) in [6, 6.07) is 0. The first-order valence-corrected chi connectivity index (χ1v) is 6.62. The van der Waals surface area contributed by atoms with Crippen LogP contribution in [0.4, 0.5) is 5.13 Å². The Morgan fingerprint density at radius 1 is 1.41 bits per heavy atom. The van der Waals surface area contributed by atoms with Crippen molar-refractivity contribution in [2.45, 2.75) is 25.5 Å². The van der Waals surface area contributed by atoms with Crippen molar-refractivity contribution in [1.82, 2.24) is 15.1 Å². The van der Waals surface area contributed by atoms with E-state index in [1.165, 1.54) is 11.3 Å². The molecule has 2 heterocycles. The Labute approximate surface area is 104 Å². The molecular formula is C10H18N4O2S. The normalized spacial score (nSPS) is 18.6. The number of aliphatic hydroxyl groups is 1. The lowest BCUT2D eigenvalue weighted by Gasteiger charge is -2.30. The number of aliphatic hydroxyl groups excluding tert-OH is 1. The van der Waals surface area contributed by atoms with Crippen LogP contribution in [0.25, 0.3) is 0 Å². The van der Waals surface area contributed by atoms with Gasteiger partial charge in [-0.15, -0.1) is 10.2 Å². The fraction of sp³-hybridized carbons (Fsp3) is 0.800. The summed E-state index contributed by atoms with van der Waals surface area (Å²) in [6.07, 6.45) is 2.31. The smallest absolute Gasteiger partial charge is 0.203 e. The summed E-state index contributed by atoms with van der Waals surface area (Å²) in [6.45, 7) is 3.36. The predicted molar refractivity (Wildman–Crippen MR) is 65.7 cm³/mol. The summed E-state index contributed by atoms with van der Waals surface area (Å²) in [4.78, 5) is 2.33. The van der Waals surface area contributed by atoms with Gasteiger partial charge in [0.2, 0.25) is 5.13 Å². The first-order chi connectivity index (χ1) is 8.28. The highest BCUT2D eigenvalue weighted by Crippen LogP contribution is 2.18. The van der Waals surface area contributed by atoms with Crippen LogP contribution in [0.2, 0.25) is 0 Å². The molecular weight excluding hydrogens is 240 g/mol. The minimum absolute atomic E-state index is 0.101. The number of ether oxygens (including phenoxy) is 1. The number of nitrogens with two attached hydrogens (primary N) is 1. The van der Waals surface area contributed by atoms with Crippen LogP contribution in [-0.4, -0.2) is 52.6 Å². The summed E-state index contributed by atoms with van der Waals surface area (Å²) in [5.74, 6) is 0. The summed E-state index contributed by atoms with van der Waals surface area (Å²) in [5, 5.41) is 18.0. The Balaban J connectivity index is 1.72. The van der Waals surface area contributed by atoms with Crippen molar-refractivity contribution >= 4 is 16.5 Å². The molecule has 0 saturated carbocycles. The molecule has 3 N–H and O–H groups in total. The number of piperidine rings is 1. The second-order valence-corrected chi connectivity index (χ2v) is 5.20. The maximum absolute atomic E-state index is 8.68. The maximum atomic E-state index is 8.68. The van der Waals surface area contributed by atoms with Crippen LogP contribution in [0.1, 0.15) is 17.8 Å². The summed E-state index contributed by atoms with van der Waals surface area (Å²) in [5.41, 5.74) is 5.54. The van der Waals surface area contributed by atoms with Crippen molar-refractivity contribution in [2.75, 3.05) is 32.0 Å². The van der Waals surface area contributed by atoms with Crippen LogP contribution >= 0.6 is 11.3 Å². The SMILES string of the molecule is Nc1nnc(CN2CCC(OCCO)CC2)s1. The van der Waals surface area contributed by atoms with Gasteiger partial charge in [0, 0.05) is 13.1 Å². The molecule has 2 rings (SSSR count). The van der Waals surface area contributed by atoms with E-state index in [4.69, 9.17) is 15.6 Å². The number of anilines is 1. The van der Waals surface area contributed by atoms with E-state index in [9.17, 15) is 0 Å². The standard InChI is InChI=1S/C10H18N4O2S/c11-10-13-12-9(17-10)7-14-3-1-8(2-4-14)16-6-5-15/h8,15H,1-7H2,(H2,11,13). The topological polar surface area (TPSA) is 84.5 Å². The highest BCUT2D eigenvalue weighted by molar-refractivity contribution is 7.15. The second kappa shape index (κ2) is 6.25. The van der Waals surface area contributed by atoms with Gasteiger partial charge in [-0.2, -0.15) is 0 Å². The van der Waals surface area contributed by atoms with E-state index in [1.807, 2.05) is 0 Å². The van der Waals surface area contributed by atoms with E-state index in [-0.39, 0.29) is 12.7 Å². The Hall–Kier alpha value is -0.760. The third-order valence-electron chi connectivity index (χ3n) is 2.82. The zero-order valence-electron chi connectivity index (χ0n) is 9.71. The van der Waals surface area contributed by atoms with E-state index in [0.29, 0.717) is 11.7 Å². The maximum Gasteiger partial charge on any atom is 0.203 e. The highest BCUT2D eigenvalue weighted by Gasteiger charge is 2.20. The molecule has 1 aliphatic rings. The molecule has 1 aromatic rings. The number of hydrogen-bond acceptors (Lipinski definition) is 7. The van der Waals surface area contributed by atoms with Crippen molar-refractivity contribution in [2.24, 2.45) is 0 Å². The van der Waals surface area contributed by atoms with E-state index in [2.05, 4.69) is 15.1 Å². The van der Waals surface area contributed by atoms with Gasteiger partial charge in [-0.1, -0.05) is 11.3 Å². The van der Waals surface area contributed by atoms with Gasteiger partial charge in [0.25, 0.3) is 0 Å². The van der Waals surface area contributed by atoms with Crippen LogP contribution in [-0.2, 0) is 11.3 Å². The molecule has 0 atom stereocenters. The number of nitrogen functional groups attached to an aromatic ring is 1. The van der Waals surface area contributed by atoms with Crippen molar-refractivity contribution < 1.29 is 9.84 Å². The van der Waals surface area contributed by atoms with Crippen molar-refractivity contribution in [1.29, 1.82) is 0 Å². The minimum atomic E-state index is 0.101. The highest BCUT2D eigenvalue weighted by atomic mass is 32.1. The zero-order valence-corrected chi connectivity index (χ0v) is 10.5. The molecule has 0 aliphatic carbocycles. The van der Waals surface area contributed by atoms with Gasteiger partial charge in [-0.3, -0.25) is 4.90 Å². The molecule has 6 nitrogen and oxygen atoms in total. The summed E-state index contributed by atoms with van der Waals surface area (Å²) in [7, 11) is 0. The summed E-state index contributed by atoms with van der Waals surface area (Å²) < 4.78 is 5.51. The summed E-state index contributed by atoms with van der Waals surface area (Å²) >= 11 is 1.45. The van der Waals surface area contributed by atoms with Gasteiger partial charge in [0.1, 0.15) is 5.01 Å². The van der Waals surface area contributed by atoms with Crippen molar-refractivity contribution in [3.8, 4) is 0 Å². The first kappa shape index (κ1) is 12.7. The molecule has 96 valence electrons. The van der Waals surface area contributed by atoms with Crippen molar-refractivity contribution in [3.63, 3.8) is 0 Å². The lowest BCUT2D eigenvalue weighted by molar-refractivity contribution is -0.00904. The zero-order chi connectivity index (χ0) is 12.1. The lowest BCUT2D eigenvalue weighted by Crippen LogP contribution is -2.36. The molecule has 0 spiro atoms. The Kier molecular flexibility index (Phi) is 4.66. The van der Waals surface area contributed by atoms with Gasteiger partial charge >= 0.3 is 0 Å². The van der Waals surface area contributed by atoms with Crippen LogP contribution in [0.5, 0.6) is 0 Å². The number of likely N-dealkylation sites (tertiary alicyclic amines) is 1. The number of hydrogen-bond donors (Lipinski definition) is 2. The van der Waals surface area contributed by atoms with Crippen molar-refractivity contribution in [3.05, 3.63) is 5.01 Å².